The molecule has 1 N–H and O–H groups in total. The lowest BCUT2D eigenvalue weighted by Crippen LogP contribution is -2.17. The lowest BCUT2D eigenvalue weighted by molar-refractivity contribution is -0.115. The largest absolute Gasteiger partial charge is 0.488 e. The Labute approximate surface area is 162 Å². The second-order valence-electron chi connectivity index (χ2n) is 4.95. The third kappa shape index (κ3) is 4.39. The molecule has 1 aliphatic heterocycles. The maximum Gasteiger partial charge on any atom is 0.263 e. The van der Waals surface area contributed by atoms with Gasteiger partial charge >= 0.3 is 0 Å². The number of ether oxygens (including phenoxy) is 1. The predicted octanol–water partition coefficient (Wildman–Crippen LogP) is 5.17. The zero-order valence-corrected chi connectivity index (χ0v) is 16.2. The maximum atomic E-state index is 11.8. The number of carbonyl (C=O) groups excluding carboxylic acids is 1. The average Bonchev–Trinajstić information content (AvgIpc) is 2.86. The molecule has 24 heavy (non-hydrogen) atoms. The fraction of sp³-hybridized carbons (Fsp3) is 0.0588. The number of nitrogens with one attached hydrogen (secondary N) is 1. The molecule has 2 aromatic rings. The van der Waals surface area contributed by atoms with Gasteiger partial charge < -0.3 is 10.1 Å². The zero-order valence-electron chi connectivity index (χ0n) is 12.2. The Morgan fingerprint density at radius 2 is 2.00 bits per heavy atom. The fourth-order valence-electron chi connectivity index (χ4n) is 2.07. The molecule has 1 heterocycles. The molecule has 3 rings (SSSR count). The molecule has 0 spiro atoms. The summed E-state index contributed by atoms with van der Waals surface area (Å²) in [5, 5.41) is 3.17. The highest BCUT2D eigenvalue weighted by molar-refractivity contribution is 9.10. The van der Waals surface area contributed by atoms with Crippen LogP contribution < -0.4 is 10.1 Å². The highest BCUT2D eigenvalue weighted by atomic mass is 79.9. The van der Waals surface area contributed by atoms with Crippen molar-refractivity contribution < 1.29 is 9.53 Å². The van der Waals surface area contributed by atoms with Gasteiger partial charge in [-0.2, -0.15) is 0 Å². The Morgan fingerprint density at radius 1 is 1.25 bits per heavy atom. The summed E-state index contributed by atoms with van der Waals surface area (Å²) in [5.74, 6) is 0.449. The number of benzene rings is 2. The molecular weight excluding hydrogens is 430 g/mol. The van der Waals surface area contributed by atoms with E-state index < -0.39 is 0 Å². The van der Waals surface area contributed by atoms with Gasteiger partial charge in [0.05, 0.1) is 4.91 Å². The molecule has 0 unspecified atom stereocenters. The van der Waals surface area contributed by atoms with Crippen molar-refractivity contribution in [3.05, 3.63) is 68.0 Å². The van der Waals surface area contributed by atoms with Crippen LogP contribution in [0.25, 0.3) is 6.08 Å². The molecule has 122 valence electrons. The molecule has 1 saturated heterocycles. The van der Waals surface area contributed by atoms with Gasteiger partial charge in [-0.3, -0.25) is 4.79 Å². The minimum atomic E-state index is -0.205. The molecule has 0 aromatic heterocycles. The Balaban J connectivity index is 1.83. The van der Waals surface area contributed by atoms with Crippen LogP contribution in [0, 0.1) is 0 Å². The van der Waals surface area contributed by atoms with E-state index in [9.17, 15) is 4.79 Å². The summed E-state index contributed by atoms with van der Waals surface area (Å²) in [5.41, 5.74) is 1.78. The van der Waals surface area contributed by atoms with Gasteiger partial charge in [-0.25, -0.2) is 0 Å². The topological polar surface area (TPSA) is 38.3 Å². The van der Waals surface area contributed by atoms with Crippen LogP contribution in [0.15, 0.2) is 51.8 Å². The Hall–Kier alpha value is -1.34. The number of thioether (sulfide) groups is 1. The van der Waals surface area contributed by atoms with Gasteiger partial charge in [0.1, 0.15) is 16.7 Å². The molecule has 1 fully saturated rings. The molecule has 0 bridgehead atoms. The Kier molecular flexibility index (Phi) is 5.61. The number of carbonyl (C=O) groups is 1. The normalized spacial score (nSPS) is 15.7. The predicted molar refractivity (Wildman–Crippen MR) is 106 cm³/mol. The molecule has 0 saturated carbocycles. The van der Waals surface area contributed by atoms with Crippen molar-refractivity contribution in [3.63, 3.8) is 0 Å². The maximum absolute atomic E-state index is 11.8. The average molecular weight is 441 g/mol. The van der Waals surface area contributed by atoms with Gasteiger partial charge in [-0.1, -0.05) is 63.6 Å². The molecular formula is C17H11BrClNO2S2. The third-order valence-corrected chi connectivity index (χ3v) is 5.13. The van der Waals surface area contributed by atoms with E-state index in [1.165, 1.54) is 11.8 Å². The summed E-state index contributed by atoms with van der Waals surface area (Å²) in [7, 11) is 0. The summed E-state index contributed by atoms with van der Waals surface area (Å²) >= 11 is 15.7. The van der Waals surface area contributed by atoms with Crippen LogP contribution in [0.5, 0.6) is 5.75 Å². The Bertz CT molecular complexity index is 837. The summed E-state index contributed by atoms with van der Waals surface area (Å²) in [6.07, 6.45) is 1.74. The lowest BCUT2D eigenvalue weighted by Gasteiger charge is -2.10. The number of amides is 1. The smallest absolute Gasteiger partial charge is 0.263 e. The van der Waals surface area contributed by atoms with E-state index in [-0.39, 0.29) is 5.91 Å². The first kappa shape index (κ1) is 17.5. The summed E-state index contributed by atoms with van der Waals surface area (Å²) in [6.45, 7) is 0.419. The summed E-state index contributed by atoms with van der Waals surface area (Å²) in [4.78, 5) is 12.4. The van der Waals surface area contributed by atoms with Gasteiger partial charge in [0.25, 0.3) is 5.91 Å². The van der Waals surface area contributed by atoms with Crippen LogP contribution in [0.3, 0.4) is 0 Å². The highest BCUT2D eigenvalue weighted by Gasteiger charge is 2.22. The van der Waals surface area contributed by atoms with Crippen LogP contribution in [-0.2, 0) is 11.4 Å². The number of hydrogen-bond donors (Lipinski definition) is 1. The van der Waals surface area contributed by atoms with Crippen molar-refractivity contribution in [2.75, 3.05) is 0 Å². The lowest BCUT2D eigenvalue weighted by atomic mass is 10.1. The SMILES string of the molecule is O=C1NC(=S)S/C1=C\c1cc(Cl)ccc1OCc1ccc(Br)cc1. The second kappa shape index (κ2) is 7.70. The van der Waals surface area contributed by atoms with Crippen LogP contribution in [0.2, 0.25) is 5.02 Å². The molecule has 3 nitrogen and oxygen atoms in total. The van der Waals surface area contributed by atoms with E-state index in [2.05, 4.69) is 21.2 Å². The van der Waals surface area contributed by atoms with Crippen LogP contribution >= 0.6 is 51.5 Å². The first-order valence-electron chi connectivity index (χ1n) is 6.93. The van der Waals surface area contributed by atoms with E-state index in [0.29, 0.717) is 26.6 Å². The number of rotatable bonds is 4. The molecule has 0 aliphatic carbocycles. The van der Waals surface area contributed by atoms with Gasteiger partial charge in [-0.05, 0) is 42.0 Å². The first-order chi connectivity index (χ1) is 11.5. The summed E-state index contributed by atoms with van der Waals surface area (Å²) < 4.78 is 7.36. The van der Waals surface area contributed by atoms with Crippen molar-refractivity contribution in [2.45, 2.75) is 6.61 Å². The minimum absolute atomic E-state index is 0.205. The van der Waals surface area contributed by atoms with Crippen molar-refractivity contribution in [2.24, 2.45) is 0 Å². The second-order valence-corrected chi connectivity index (χ2v) is 8.02. The molecule has 1 aliphatic rings. The number of halogens is 2. The van der Waals surface area contributed by atoms with Crippen molar-refractivity contribution in [1.29, 1.82) is 0 Å². The van der Waals surface area contributed by atoms with Crippen LogP contribution in [0.1, 0.15) is 11.1 Å². The van der Waals surface area contributed by atoms with Gasteiger partial charge in [-0.15, -0.1) is 0 Å². The monoisotopic (exact) mass is 439 g/mol. The van der Waals surface area contributed by atoms with Crippen molar-refractivity contribution in [1.82, 2.24) is 5.32 Å². The molecule has 0 radical (unpaired) electrons. The van der Waals surface area contributed by atoms with Gasteiger partial charge in [0.15, 0.2) is 0 Å². The molecule has 7 heteroatoms. The quantitative estimate of drug-likeness (QED) is 0.526. The van der Waals surface area contributed by atoms with Gasteiger partial charge in [0.2, 0.25) is 0 Å². The van der Waals surface area contributed by atoms with Crippen LogP contribution in [0.4, 0.5) is 0 Å². The van der Waals surface area contributed by atoms with E-state index >= 15 is 0 Å². The molecule has 1 amide bonds. The molecule has 2 aromatic carbocycles. The van der Waals surface area contributed by atoms with Gasteiger partial charge in [0, 0.05) is 15.1 Å². The highest BCUT2D eigenvalue weighted by Crippen LogP contribution is 2.31. The first-order valence-corrected chi connectivity index (χ1v) is 9.32. The standard InChI is InChI=1S/C17H11BrClNO2S2/c18-12-3-1-10(2-4-12)9-22-14-6-5-13(19)7-11(14)8-15-16(21)20-17(23)24-15/h1-8H,9H2,(H,20,21,23)/b15-8-. The molecule has 0 atom stereocenters. The van der Waals surface area contributed by atoms with E-state index in [1.54, 1.807) is 24.3 Å². The van der Waals surface area contributed by atoms with E-state index in [1.807, 2.05) is 24.3 Å². The number of hydrogen-bond acceptors (Lipinski definition) is 4. The minimum Gasteiger partial charge on any atom is -0.488 e. The van der Waals surface area contributed by atoms with Crippen molar-refractivity contribution in [3.8, 4) is 5.75 Å². The van der Waals surface area contributed by atoms with Crippen molar-refractivity contribution >= 4 is 67.8 Å². The number of thiocarbonyl (C=S) groups is 1. The Morgan fingerprint density at radius 3 is 2.67 bits per heavy atom. The van der Waals surface area contributed by atoms with E-state index in [0.717, 1.165) is 15.6 Å². The fourth-order valence-corrected chi connectivity index (χ4v) is 3.55. The third-order valence-electron chi connectivity index (χ3n) is 3.21. The van der Waals surface area contributed by atoms with Crippen LogP contribution in [-0.4, -0.2) is 10.2 Å². The van der Waals surface area contributed by atoms with E-state index in [4.69, 9.17) is 28.6 Å². The summed E-state index contributed by atoms with van der Waals surface area (Å²) in [6, 6.07) is 13.2. The zero-order chi connectivity index (χ0) is 17.1.